The van der Waals surface area contributed by atoms with E-state index in [2.05, 4.69) is 32.8 Å². The van der Waals surface area contributed by atoms with Crippen molar-refractivity contribution >= 4 is 53.8 Å². The molecule has 1 saturated heterocycles. The van der Waals surface area contributed by atoms with Gasteiger partial charge in [0.15, 0.2) is 5.78 Å². The summed E-state index contributed by atoms with van der Waals surface area (Å²) in [7, 11) is -2.52. The van der Waals surface area contributed by atoms with Gasteiger partial charge >= 0.3 is 0 Å². The van der Waals surface area contributed by atoms with Crippen LogP contribution in [0.1, 0.15) is 10.4 Å². The summed E-state index contributed by atoms with van der Waals surface area (Å²) in [5.74, 6) is 4.18. The first-order valence-corrected chi connectivity index (χ1v) is 12.3. The average Bonchev–Trinajstić information content (AvgIpc) is 2.78. The number of alkyl halides is 1. The minimum absolute atomic E-state index is 0.0774. The van der Waals surface area contributed by atoms with E-state index in [1.165, 1.54) is 0 Å². The molecule has 0 amide bonds. The summed E-state index contributed by atoms with van der Waals surface area (Å²) in [6.07, 6.45) is 0. The maximum absolute atomic E-state index is 13.5. The van der Waals surface area contributed by atoms with Crippen LogP contribution in [-0.2, 0) is 9.71 Å². The zero-order valence-electron chi connectivity index (χ0n) is 16.1. The number of halogens is 1. The minimum atomic E-state index is -2.52. The quantitative estimate of drug-likeness (QED) is 0.318. The molecule has 0 N–H and O–H groups in total. The van der Waals surface area contributed by atoms with Crippen LogP contribution in [0.3, 0.4) is 0 Å². The van der Waals surface area contributed by atoms with Crippen molar-refractivity contribution in [3.63, 3.8) is 0 Å². The summed E-state index contributed by atoms with van der Waals surface area (Å²) >= 11 is 3.21. The Labute approximate surface area is 180 Å². The molecule has 1 unspecified atom stereocenters. The lowest BCUT2D eigenvalue weighted by atomic mass is 10.1. The summed E-state index contributed by atoms with van der Waals surface area (Å²) in [6.45, 7) is 2.89. The second kappa shape index (κ2) is 8.30. The maximum atomic E-state index is 13.5. The van der Waals surface area contributed by atoms with Crippen molar-refractivity contribution in [2.24, 2.45) is 0 Å². The second-order valence-electron chi connectivity index (χ2n) is 7.17. The monoisotopic (exact) mass is 470 g/mol. The van der Waals surface area contributed by atoms with Crippen LogP contribution in [0.15, 0.2) is 71.6 Å². The van der Waals surface area contributed by atoms with E-state index in [0.29, 0.717) is 24.0 Å². The fraction of sp³-hybridized carbons (Fsp3) is 0.217. The van der Waals surface area contributed by atoms with Crippen LogP contribution < -0.4 is 4.90 Å². The summed E-state index contributed by atoms with van der Waals surface area (Å²) < 4.78 is 15.5. The number of hydrogen-bond donors (Lipinski definition) is 0. The molecule has 1 atom stereocenters. The Balaban J connectivity index is 1.47. The van der Waals surface area contributed by atoms with Crippen molar-refractivity contribution in [3.05, 3.63) is 72.3 Å². The van der Waals surface area contributed by atoms with Gasteiger partial charge in [0, 0.05) is 42.3 Å². The number of ketones is 1. The Kier molecular flexibility index (Phi) is 5.76. The fourth-order valence-corrected chi connectivity index (χ4v) is 5.66. The Morgan fingerprint density at radius 2 is 1.59 bits per heavy atom. The van der Waals surface area contributed by atoms with Crippen molar-refractivity contribution in [1.82, 2.24) is 4.31 Å². The molecule has 4 nitrogen and oxygen atoms in total. The lowest BCUT2D eigenvalue weighted by molar-refractivity contribution is 0.102. The molecule has 0 spiro atoms. The number of carbonyl (C=O) groups is 1. The van der Waals surface area contributed by atoms with Crippen molar-refractivity contribution in [2.45, 2.75) is 4.90 Å². The first-order chi connectivity index (χ1) is 14.0. The smallest absolute Gasteiger partial charge is 0.173 e. The number of nitrogens with zero attached hydrogens (tertiary/aromatic N) is 2. The van der Waals surface area contributed by atoms with Crippen molar-refractivity contribution in [1.29, 1.82) is 0 Å². The van der Waals surface area contributed by atoms with Crippen LogP contribution in [0.2, 0.25) is 0 Å². The molecular weight excluding hydrogens is 448 g/mol. The third-order valence-electron chi connectivity index (χ3n) is 5.42. The molecule has 150 valence electrons. The van der Waals surface area contributed by atoms with E-state index in [1.54, 1.807) is 0 Å². The highest BCUT2D eigenvalue weighted by molar-refractivity contribution is 9.09. The fourth-order valence-electron chi connectivity index (χ4n) is 3.69. The van der Waals surface area contributed by atoms with Crippen LogP contribution in [0.4, 0.5) is 5.69 Å². The first-order valence-electron chi connectivity index (χ1n) is 9.54. The van der Waals surface area contributed by atoms with Gasteiger partial charge in [-0.15, -0.1) is 0 Å². The minimum Gasteiger partial charge on any atom is -0.369 e. The average molecular weight is 471 g/mol. The molecule has 0 bridgehead atoms. The molecule has 3 aromatic carbocycles. The third-order valence-corrected chi connectivity index (χ3v) is 8.12. The molecule has 1 heterocycles. The standard InChI is InChI=1S/C23H23BrN2O2S/c1-29(28,22-11-8-18-4-2-3-5-20(18)16-22)26-14-12-25(13-15-26)21-9-6-19(7-10-21)23(27)17-24/h2-11,16H,1,12-15,17H2. The van der Waals surface area contributed by atoms with Gasteiger partial charge in [0.2, 0.25) is 0 Å². The Morgan fingerprint density at radius 3 is 2.24 bits per heavy atom. The van der Waals surface area contributed by atoms with Crippen LogP contribution >= 0.6 is 15.9 Å². The molecule has 1 aliphatic rings. The lowest BCUT2D eigenvalue weighted by Crippen LogP contribution is -2.48. The van der Waals surface area contributed by atoms with Gasteiger partial charge in [-0.3, -0.25) is 4.79 Å². The first kappa shape index (κ1) is 20.1. The van der Waals surface area contributed by atoms with Crippen molar-refractivity contribution < 1.29 is 9.00 Å². The number of benzene rings is 3. The van der Waals surface area contributed by atoms with Gasteiger partial charge in [0.25, 0.3) is 0 Å². The zero-order valence-corrected chi connectivity index (χ0v) is 18.5. The van der Waals surface area contributed by atoms with E-state index >= 15 is 0 Å². The molecule has 0 radical (unpaired) electrons. The van der Waals surface area contributed by atoms with E-state index in [4.69, 9.17) is 0 Å². The molecule has 1 aliphatic heterocycles. The number of fused-ring (bicyclic) bond motifs is 1. The highest BCUT2D eigenvalue weighted by atomic mass is 79.9. The van der Waals surface area contributed by atoms with Crippen LogP contribution in [0.25, 0.3) is 10.8 Å². The molecule has 3 aromatic rings. The number of piperazine rings is 1. The van der Waals surface area contributed by atoms with Gasteiger partial charge in [-0.25, -0.2) is 8.51 Å². The third kappa shape index (κ3) is 4.10. The largest absolute Gasteiger partial charge is 0.369 e. The lowest BCUT2D eigenvalue weighted by Gasteiger charge is -2.37. The molecule has 29 heavy (non-hydrogen) atoms. The Hall–Kier alpha value is -2.15. The SMILES string of the molecule is C=S(=O)(c1ccc2ccccc2c1)N1CCN(c2ccc(C(=O)CBr)cc2)CC1. The van der Waals surface area contributed by atoms with E-state index < -0.39 is 9.71 Å². The molecular formula is C23H23BrN2O2S. The maximum Gasteiger partial charge on any atom is 0.173 e. The van der Waals surface area contributed by atoms with Crippen LogP contribution in [-0.4, -0.2) is 51.7 Å². The number of anilines is 1. The predicted molar refractivity (Wildman–Crippen MR) is 126 cm³/mol. The molecule has 0 aromatic heterocycles. The van der Waals surface area contributed by atoms with Crippen molar-refractivity contribution in [2.75, 3.05) is 36.4 Å². The Morgan fingerprint density at radius 1 is 0.931 bits per heavy atom. The van der Waals surface area contributed by atoms with E-state index in [1.807, 2.05) is 65.0 Å². The van der Waals surface area contributed by atoms with Gasteiger partial charge < -0.3 is 4.90 Å². The predicted octanol–water partition coefficient (Wildman–Crippen LogP) is 4.23. The summed E-state index contributed by atoms with van der Waals surface area (Å²) in [5.41, 5.74) is 1.79. The van der Waals surface area contributed by atoms with Gasteiger partial charge in [-0.2, -0.15) is 0 Å². The van der Waals surface area contributed by atoms with Gasteiger partial charge in [0.05, 0.1) is 15.0 Å². The van der Waals surface area contributed by atoms with Gasteiger partial charge in [-0.1, -0.05) is 46.3 Å². The molecule has 0 aliphatic carbocycles. The van der Waals surface area contributed by atoms with E-state index in [-0.39, 0.29) is 5.78 Å². The highest BCUT2D eigenvalue weighted by Gasteiger charge is 2.24. The number of Topliss-reactive ketones (excluding diaryl/α,β-unsaturated/α-hetero) is 1. The zero-order chi connectivity index (χ0) is 20.4. The highest BCUT2D eigenvalue weighted by Crippen LogP contribution is 2.24. The second-order valence-corrected chi connectivity index (χ2v) is 10.00. The summed E-state index contributed by atoms with van der Waals surface area (Å²) in [5, 5.41) is 2.55. The van der Waals surface area contributed by atoms with Crippen LogP contribution in [0, 0.1) is 0 Å². The van der Waals surface area contributed by atoms with Crippen molar-refractivity contribution in [3.8, 4) is 0 Å². The van der Waals surface area contributed by atoms with Gasteiger partial charge in [0.1, 0.15) is 0 Å². The molecule has 4 rings (SSSR count). The van der Waals surface area contributed by atoms with E-state index in [9.17, 15) is 9.00 Å². The van der Waals surface area contributed by atoms with E-state index in [0.717, 1.165) is 34.4 Å². The molecule has 6 heteroatoms. The number of carbonyl (C=O) groups excluding carboxylic acids is 1. The number of hydrogen-bond acceptors (Lipinski definition) is 3. The normalized spacial score (nSPS) is 17.2. The van der Waals surface area contributed by atoms with Crippen LogP contribution in [0.5, 0.6) is 0 Å². The summed E-state index contributed by atoms with van der Waals surface area (Å²) in [4.78, 5) is 14.8. The summed E-state index contributed by atoms with van der Waals surface area (Å²) in [6, 6.07) is 21.7. The molecule has 1 fully saturated rings. The number of rotatable bonds is 5. The Bertz CT molecular complexity index is 1140. The molecule has 0 saturated carbocycles. The van der Waals surface area contributed by atoms with Gasteiger partial charge in [-0.05, 0) is 53.0 Å². The topological polar surface area (TPSA) is 40.6 Å².